The minimum absolute atomic E-state index is 0.120. The Morgan fingerprint density at radius 2 is 2.03 bits per heavy atom. The molecule has 0 fully saturated rings. The zero-order valence-corrected chi connectivity index (χ0v) is 19.2. The predicted octanol–water partition coefficient (Wildman–Crippen LogP) is 4.37. The van der Waals surface area contributed by atoms with E-state index in [-0.39, 0.29) is 5.91 Å². The highest BCUT2D eigenvalue weighted by atomic mass is 32.1. The summed E-state index contributed by atoms with van der Waals surface area (Å²) in [4.78, 5) is 21.2. The van der Waals surface area contributed by atoms with Crippen LogP contribution in [0.25, 0.3) is 11.0 Å². The molecule has 0 spiro atoms. The first-order chi connectivity index (χ1) is 15.4. The summed E-state index contributed by atoms with van der Waals surface area (Å²) in [5.41, 5.74) is 11.2. The van der Waals surface area contributed by atoms with Crippen molar-refractivity contribution in [1.82, 2.24) is 19.9 Å². The number of nitrogens with two attached hydrogens (primary N) is 1. The number of carbonyl (C=O) groups excluding carboxylic acids is 1. The summed E-state index contributed by atoms with van der Waals surface area (Å²) in [5.74, 6) is 7.22. The average molecular weight is 444 g/mol. The minimum Gasteiger partial charge on any atom is -0.383 e. The largest absolute Gasteiger partial charge is 0.383 e. The van der Waals surface area contributed by atoms with E-state index in [0.29, 0.717) is 23.8 Å². The fourth-order valence-electron chi connectivity index (χ4n) is 3.48. The van der Waals surface area contributed by atoms with E-state index in [1.54, 1.807) is 11.3 Å². The van der Waals surface area contributed by atoms with E-state index in [1.807, 2.05) is 48.1 Å². The van der Waals surface area contributed by atoms with Gasteiger partial charge in [0.2, 0.25) is 0 Å². The van der Waals surface area contributed by atoms with Crippen LogP contribution in [0.2, 0.25) is 0 Å². The summed E-state index contributed by atoms with van der Waals surface area (Å²) >= 11 is 1.61. The van der Waals surface area contributed by atoms with Gasteiger partial charge in [0.1, 0.15) is 17.8 Å². The van der Waals surface area contributed by atoms with E-state index < -0.39 is 0 Å². The van der Waals surface area contributed by atoms with Crippen LogP contribution in [0, 0.1) is 24.7 Å². The van der Waals surface area contributed by atoms with Crippen molar-refractivity contribution < 1.29 is 4.79 Å². The number of anilines is 1. The van der Waals surface area contributed by atoms with Crippen molar-refractivity contribution >= 4 is 34.1 Å². The Balaban J connectivity index is 1.64. The third-order valence-corrected chi connectivity index (χ3v) is 5.84. The molecule has 162 valence electrons. The van der Waals surface area contributed by atoms with Crippen LogP contribution in [0.5, 0.6) is 0 Å². The third-order valence-electron chi connectivity index (χ3n) is 5.11. The number of carbonyl (C=O) groups is 1. The predicted molar refractivity (Wildman–Crippen MR) is 129 cm³/mol. The molecule has 0 aliphatic rings. The molecule has 0 radical (unpaired) electrons. The van der Waals surface area contributed by atoms with E-state index >= 15 is 0 Å². The number of aryl methyl sites for hydroxylation is 1. The molecule has 0 unspecified atom stereocenters. The summed E-state index contributed by atoms with van der Waals surface area (Å²) in [5, 5.41) is 7.75. The van der Waals surface area contributed by atoms with Gasteiger partial charge in [-0.2, -0.15) is 11.3 Å². The van der Waals surface area contributed by atoms with E-state index in [4.69, 9.17) is 5.73 Å². The second kappa shape index (κ2) is 9.25. The molecule has 0 saturated heterocycles. The summed E-state index contributed by atoms with van der Waals surface area (Å²) in [6.07, 6.45) is 3.46. The van der Waals surface area contributed by atoms with Crippen LogP contribution in [0.1, 0.15) is 46.5 Å². The van der Waals surface area contributed by atoms with Gasteiger partial charge in [-0.15, -0.1) is 0 Å². The van der Waals surface area contributed by atoms with Crippen molar-refractivity contribution in [2.75, 3.05) is 5.73 Å². The lowest BCUT2D eigenvalue weighted by Gasteiger charge is -2.06. The molecule has 0 aliphatic heterocycles. The van der Waals surface area contributed by atoms with Gasteiger partial charge < -0.3 is 15.6 Å². The smallest absolute Gasteiger partial charge is 0.251 e. The van der Waals surface area contributed by atoms with E-state index in [2.05, 4.69) is 45.5 Å². The third kappa shape index (κ3) is 4.66. The molecule has 1 aromatic carbocycles. The number of nitrogen functional groups attached to an aromatic ring is 1. The normalized spacial score (nSPS) is 10.9. The van der Waals surface area contributed by atoms with E-state index in [1.165, 1.54) is 6.33 Å². The van der Waals surface area contributed by atoms with Crippen molar-refractivity contribution in [1.29, 1.82) is 0 Å². The maximum Gasteiger partial charge on any atom is 0.251 e. The summed E-state index contributed by atoms with van der Waals surface area (Å²) in [6, 6.07) is 7.58. The first-order valence-electron chi connectivity index (χ1n) is 10.4. The van der Waals surface area contributed by atoms with Gasteiger partial charge in [-0.1, -0.05) is 31.8 Å². The first-order valence-corrected chi connectivity index (χ1v) is 11.4. The monoisotopic (exact) mass is 443 g/mol. The fraction of sp³-hybridized carbons (Fsp3) is 0.240. The lowest BCUT2D eigenvalue weighted by Crippen LogP contribution is -2.22. The van der Waals surface area contributed by atoms with Gasteiger partial charge in [-0.05, 0) is 52.9 Å². The molecule has 0 aliphatic carbocycles. The van der Waals surface area contributed by atoms with E-state index in [0.717, 1.165) is 39.8 Å². The number of amides is 1. The van der Waals surface area contributed by atoms with Gasteiger partial charge in [0.15, 0.2) is 0 Å². The molecular weight excluding hydrogens is 418 g/mol. The molecule has 6 nitrogen and oxygen atoms in total. The Bertz CT molecular complexity index is 1330. The number of hydrogen-bond donors (Lipinski definition) is 2. The van der Waals surface area contributed by atoms with Crippen molar-refractivity contribution in [2.45, 2.75) is 33.9 Å². The number of aromatic nitrogens is 3. The molecule has 32 heavy (non-hydrogen) atoms. The molecule has 0 atom stereocenters. The minimum atomic E-state index is -0.120. The fourth-order valence-corrected chi connectivity index (χ4v) is 4.15. The van der Waals surface area contributed by atoms with Crippen LogP contribution in [0.4, 0.5) is 5.82 Å². The SMILES string of the molecule is Cc1ccc(C(=O)NCc2ccsc2)cc1C#Cc1cn(CC(C)C)c2ncnc(N)c12. The number of benzene rings is 1. The van der Waals surface area contributed by atoms with Crippen molar-refractivity contribution in [3.05, 3.63) is 75.4 Å². The van der Waals surface area contributed by atoms with Gasteiger partial charge in [0.25, 0.3) is 5.91 Å². The van der Waals surface area contributed by atoms with E-state index in [9.17, 15) is 4.79 Å². The van der Waals surface area contributed by atoms with Gasteiger partial charge in [-0.3, -0.25) is 4.79 Å². The summed E-state index contributed by atoms with van der Waals surface area (Å²) in [7, 11) is 0. The van der Waals surface area contributed by atoms with Crippen molar-refractivity contribution in [3.8, 4) is 11.8 Å². The topological polar surface area (TPSA) is 85.8 Å². The highest BCUT2D eigenvalue weighted by Crippen LogP contribution is 2.24. The van der Waals surface area contributed by atoms with Crippen molar-refractivity contribution in [2.24, 2.45) is 5.92 Å². The Hall–Kier alpha value is -3.63. The molecule has 3 N–H and O–H groups in total. The molecule has 7 heteroatoms. The Labute approximate surface area is 191 Å². The summed E-state index contributed by atoms with van der Waals surface area (Å²) < 4.78 is 2.07. The molecule has 3 heterocycles. The number of fused-ring (bicyclic) bond motifs is 1. The maximum atomic E-state index is 12.6. The Kier molecular flexibility index (Phi) is 6.24. The maximum absolute atomic E-state index is 12.6. The van der Waals surface area contributed by atoms with Gasteiger partial charge in [0.05, 0.1) is 10.9 Å². The van der Waals surface area contributed by atoms with Crippen LogP contribution in [0.3, 0.4) is 0 Å². The number of nitrogens with one attached hydrogen (secondary N) is 1. The molecule has 0 bridgehead atoms. The van der Waals surface area contributed by atoms with Gasteiger partial charge in [-0.25, -0.2) is 9.97 Å². The zero-order chi connectivity index (χ0) is 22.7. The molecule has 3 aromatic heterocycles. The van der Waals surface area contributed by atoms with Crippen LogP contribution in [-0.4, -0.2) is 20.4 Å². The quantitative estimate of drug-likeness (QED) is 0.449. The highest BCUT2D eigenvalue weighted by molar-refractivity contribution is 7.07. The average Bonchev–Trinajstić information content (AvgIpc) is 3.40. The molecule has 0 saturated carbocycles. The lowest BCUT2D eigenvalue weighted by molar-refractivity contribution is 0.0951. The lowest BCUT2D eigenvalue weighted by atomic mass is 10.0. The number of rotatable bonds is 5. The standard InChI is InChI=1S/C25H25N5OS/c1-16(2)12-30-13-21(22-23(26)28-15-29-24(22)30)7-6-19-10-20(5-4-17(19)3)25(31)27-11-18-8-9-32-14-18/h4-5,8-10,13-16H,11-12H2,1-3H3,(H,27,31)(H2,26,28,29). The molecule has 4 aromatic rings. The van der Waals surface area contributed by atoms with Crippen LogP contribution in [-0.2, 0) is 13.1 Å². The van der Waals surface area contributed by atoms with Crippen LogP contribution >= 0.6 is 11.3 Å². The number of nitrogens with zero attached hydrogens (tertiary/aromatic N) is 3. The second-order valence-electron chi connectivity index (χ2n) is 8.14. The van der Waals surface area contributed by atoms with Crippen LogP contribution in [0.15, 0.2) is 47.5 Å². The zero-order valence-electron chi connectivity index (χ0n) is 18.3. The number of thiophene rings is 1. The number of hydrogen-bond acceptors (Lipinski definition) is 5. The Morgan fingerprint density at radius 1 is 1.22 bits per heavy atom. The second-order valence-corrected chi connectivity index (χ2v) is 8.92. The van der Waals surface area contributed by atoms with Gasteiger partial charge >= 0.3 is 0 Å². The van der Waals surface area contributed by atoms with Crippen molar-refractivity contribution in [3.63, 3.8) is 0 Å². The molecule has 1 amide bonds. The van der Waals surface area contributed by atoms with Gasteiger partial charge in [0, 0.05) is 30.4 Å². The molecule has 4 rings (SSSR count). The summed E-state index contributed by atoms with van der Waals surface area (Å²) in [6.45, 7) is 7.61. The first kappa shape index (κ1) is 21.6. The van der Waals surface area contributed by atoms with Crippen LogP contribution < -0.4 is 11.1 Å². The Morgan fingerprint density at radius 3 is 2.78 bits per heavy atom. The highest BCUT2D eigenvalue weighted by Gasteiger charge is 2.13. The molecular formula is C25H25N5OS.